The number of fused-ring (bicyclic) bond motifs is 1. The van der Waals surface area contributed by atoms with Crippen LogP contribution in [0.2, 0.25) is 0 Å². The molecule has 2 heterocycles. The monoisotopic (exact) mass is 366 g/mol. The van der Waals surface area contributed by atoms with Crippen LogP contribution >= 0.6 is 39.5 Å². The summed E-state index contributed by atoms with van der Waals surface area (Å²) in [7, 11) is 0. The first-order chi connectivity index (χ1) is 9.78. The minimum Gasteiger partial charge on any atom is -0.248 e. The smallest absolute Gasteiger partial charge is 0.198 e. The topological polar surface area (TPSA) is 43.1 Å². The summed E-state index contributed by atoms with van der Waals surface area (Å²) in [6.07, 6.45) is 2.00. The molecule has 3 rings (SSSR count). The third-order valence-corrected chi connectivity index (χ3v) is 4.74. The first-order valence-electron chi connectivity index (χ1n) is 5.90. The Morgan fingerprint density at radius 3 is 2.70 bits per heavy atom. The van der Waals surface area contributed by atoms with Crippen LogP contribution in [0.1, 0.15) is 5.56 Å². The molecule has 0 unspecified atom stereocenters. The molecule has 0 N–H and O–H groups in total. The molecule has 7 heteroatoms. The van der Waals surface area contributed by atoms with Crippen molar-refractivity contribution in [3.05, 3.63) is 46.6 Å². The van der Waals surface area contributed by atoms with Crippen LogP contribution in [-0.2, 0) is 5.75 Å². The number of rotatable bonds is 4. The standard InChI is InChI=1S/C13H11BrN4S2/c1-19-12-15-10(14)7-11-16-17-13(18(11)12)20-8-9-5-3-2-4-6-9/h2-7H,8H2,1H3. The summed E-state index contributed by atoms with van der Waals surface area (Å²) in [4.78, 5) is 4.46. The van der Waals surface area contributed by atoms with Crippen molar-refractivity contribution in [3.8, 4) is 0 Å². The van der Waals surface area contributed by atoms with Gasteiger partial charge in [0, 0.05) is 11.8 Å². The molecule has 3 aromatic rings. The van der Waals surface area contributed by atoms with Gasteiger partial charge >= 0.3 is 0 Å². The molecule has 0 radical (unpaired) electrons. The van der Waals surface area contributed by atoms with Gasteiger partial charge in [0.25, 0.3) is 0 Å². The van der Waals surface area contributed by atoms with Gasteiger partial charge in [0.15, 0.2) is 16.0 Å². The summed E-state index contributed by atoms with van der Waals surface area (Å²) in [5.74, 6) is 0.867. The van der Waals surface area contributed by atoms with E-state index in [1.54, 1.807) is 23.5 Å². The molecule has 1 aromatic carbocycles. The van der Waals surface area contributed by atoms with E-state index in [0.29, 0.717) is 0 Å². The van der Waals surface area contributed by atoms with E-state index in [9.17, 15) is 0 Å². The molecule has 102 valence electrons. The average Bonchev–Trinajstić information content (AvgIpc) is 2.88. The van der Waals surface area contributed by atoms with Crippen LogP contribution in [0.5, 0.6) is 0 Å². The molecule has 0 bridgehead atoms. The Bertz CT molecular complexity index is 730. The van der Waals surface area contributed by atoms with Crippen LogP contribution in [0.15, 0.2) is 51.3 Å². The van der Waals surface area contributed by atoms with Crippen LogP contribution in [0.4, 0.5) is 0 Å². The Labute approximate surface area is 133 Å². The van der Waals surface area contributed by atoms with Crippen molar-refractivity contribution in [1.82, 2.24) is 19.6 Å². The molecule has 0 saturated heterocycles. The predicted octanol–water partition coefficient (Wildman–Crippen LogP) is 3.90. The van der Waals surface area contributed by atoms with E-state index in [-0.39, 0.29) is 0 Å². The number of halogens is 1. The second-order valence-electron chi connectivity index (χ2n) is 4.02. The van der Waals surface area contributed by atoms with Crippen LogP contribution in [0.25, 0.3) is 5.65 Å². The molecular weight excluding hydrogens is 356 g/mol. The van der Waals surface area contributed by atoms with E-state index in [0.717, 1.165) is 26.3 Å². The summed E-state index contributed by atoms with van der Waals surface area (Å²) < 4.78 is 2.77. The van der Waals surface area contributed by atoms with E-state index in [2.05, 4.69) is 43.2 Å². The number of hydrogen-bond donors (Lipinski definition) is 0. The second-order valence-corrected chi connectivity index (χ2v) is 6.54. The average molecular weight is 367 g/mol. The zero-order valence-corrected chi connectivity index (χ0v) is 13.9. The van der Waals surface area contributed by atoms with Gasteiger partial charge in [0.2, 0.25) is 0 Å². The van der Waals surface area contributed by atoms with Crippen LogP contribution in [0, 0.1) is 0 Å². The molecule has 20 heavy (non-hydrogen) atoms. The Morgan fingerprint density at radius 1 is 1.15 bits per heavy atom. The van der Waals surface area contributed by atoms with Crippen molar-refractivity contribution in [2.24, 2.45) is 0 Å². The number of nitrogens with zero attached hydrogens (tertiary/aromatic N) is 4. The van der Waals surface area contributed by atoms with Crippen LogP contribution < -0.4 is 0 Å². The summed E-state index contributed by atoms with van der Waals surface area (Å²) >= 11 is 6.64. The Kier molecular flexibility index (Phi) is 4.28. The Balaban J connectivity index is 1.92. The molecule has 0 fully saturated rings. The van der Waals surface area contributed by atoms with E-state index < -0.39 is 0 Å². The molecule has 0 amide bonds. The zero-order valence-electron chi connectivity index (χ0n) is 10.7. The highest BCUT2D eigenvalue weighted by molar-refractivity contribution is 9.10. The maximum Gasteiger partial charge on any atom is 0.198 e. The molecule has 0 spiro atoms. The maximum absolute atomic E-state index is 4.46. The third kappa shape index (κ3) is 2.84. The lowest BCUT2D eigenvalue weighted by Crippen LogP contribution is -1.96. The van der Waals surface area contributed by atoms with E-state index >= 15 is 0 Å². The van der Waals surface area contributed by atoms with Crippen molar-refractivity contribution in [1.29, 1.82) is 0 Å². The minimum absolute atomic E-state index is 0.779. The number of benzene rings is 1. The van der Waals surface area contributed by atoms with Gasteiger partial charge in [-0.3, -0.25) is 0 Å². The maximum atomic E-state index is 4.46. The van der Waals surface area contributed by atoms with Gasteiger partial charge in [-0.15, -0.1) is 10.2 Å². The molecule has 0 aliphatic carbocycles. The number of hydrogen-bond acceptors (Lipinski definition) is 5. The van der Waals surface area contributed by atoms with Crippen molar-refractivity contribution in [2.45, 2.75) is 16.1 Å². The van der Waals surface area contributed by atoms with Crippen LogP contribution in [-0.4, -0.2) is 25.8 Å². The molecule has 4 nitrogen and oxygen atoms in total. The molecule has 0 aliphatic rings. The fourth-order valence-corrected chi connectivity index (χ4v) is 3.78. The molecule has 0 aliphatic heterocycles. The van der Waals surface area contributed by atoms with E-state index in [4.69, 9.17) is 0 Å². The second kappa shape index (κ2) is 6.15. The molecule has 2 aromatic heterocycles. The normalized spacial score (nSPS) is 11.1. The summed E-state index contributed by atoms with van der Waals surface area (Å²) in [5, 5.41) is 10.2. The lowest BCUT2D eigenvalue weighted by molar-refractivity contribution is 0.799. The van der Waals surface area contributed by atoms with Gasteiger partial charge in [0.05, 0.1) is 0 Å². The Morgan fingerprint density at radius 2 is 1.95 bits per heavy atom. The van der Waals surface area contributed by atoms with Crippen LogP contribution in [0.3, 0.4) is 0 Å². The van der Waals surface area contributed by atoms with Gasteiger partial charge in [-0.25, -0.2) is 9.38 Å². The zero-order chi connectivity index (χ0) is 13.9. The summed E-state index contributed by atoms with van der Waals surface area (Å²) in [6.45, 7) is 0. The first-order valence-corrected chi connectivity index (χ1v) is 8.90. The van der Waals surface area contributed by atoms with Crippen molar-refractivity contribution in [3.63, 3.8) is 0 Å². The van der Waals surface area contributed by atoms with Gasteiger partial charge in [-0.2, -0.15) is 0 Å². The highest BCUT2D eigenvalue weighted by Crippen LogP contribution is 2.26. The lowest BCUT2D eigenvalue weighted by atomic mass is 10.2. The Hall–Kier alpha value is -1.05. The molecule has 0 saturated carbocycles. The first kappa shape index (κ1) is 13.9. The highest BCUT2D eigenvalue weighted by atomic mass is 79.9. The fraction of sp³-hybridized carbons (Fsp3) is 0.154. The molecular formula is C13H11BrN4S2. The van der Waals surface area contributed by atoms with Gasteiger partial charge in [0.1, 0.15) is 4.60 Å². The summed E-state index contributed by atoms with van der Waals surface area (Å²) in [6, 6.07) is 12.2. The van der Waals surface area contributed by atoms with Gasteiger partial charge in [-0.05, 0) is 27.7 Å². The lowest BCUT2D eigenvalue weighted by Gasteiger charge is -2.04. The van der Waals surface area contributed by atoms with E-state index in [1.165, 1.54) is 5.56 Å². The SMILES string of the molecule is CSc1nc(Br)cc2nnc(SCc3ccccc3)n12. The van der Waals surface area contributed by atoms with Crippen molar-refractivity contribution >= 4 is 45.1 Å². The van der Waals surface area contributed by atoms with E-state index in [1.807, 2.05) is 34.9 Å². The van der Waals surface area contributed by atoms with Crippen molar-refractivity contribution in [2.75, 3.05) is 6.26 Å². The largest absolute Gasteiger partial charge is 0.248 e. The molecule has 0 atom stereocenters. The van der Waals surface area contributed by atoms with Gasteiger partial charge in [-0.1, -0.05) is 53.9 Å². The fourth-order valence-electron chi connectivity index (χ4n) is 1.79. The summed E-state index contributed by atoms with van der Waals surface area (Å²) in [5.41, 5.74) is 2.08. The van der Waals surface area contributed by atoms with Crippen molar-refractivity contribution < 1.29 is 0 Å². The number of thioether (sulfide) groups is 2. The highest BCUT2D eigenvalue weighted by Gasteiger charge is 2.12. The quantitative estimate of drug-likeness (QED) is 0.398. The predicted molar refractivity (Wildman–Crippen MR) is 86.3 cm³/mol. The number of aromatic nitrogens is 4. The minimum atomic E-state index is 0.779. The third-order valence-electron chi connectivity index (χ3n) is 2.69. The van der Waals surface area contributed by atoms with Gasteiger partial charge < -0.3 is 0 Å².